The Balaban J connectivity index is 2.02. The first-order chi connectivity index (χ1) is 8.09. The average molecular weight is 232 g/mol. The predicted molar refractivity (Wildman–Crippen MR) is 66.3 cm³/mol. The predicted octanol–water partition coefficient (Wildman–Crippen LogP) is 3.24. The molecule has 1 aliphatic heterocycles. The Morgan fingerprint density at radius 1 is 1.29 bits per heavy atom. The molecular weight excluding hydrogens is 212 g/mol. The largest absolute Gasteiger partial charge is 0.461 e. The van der Waals surface area contributed by atoms with Crippen LogP contribution in [0.2, 0.25) is 0 Å². The number of rotatable bonds is 0. The first kappa shape index (κ1) is 11.1. The van der Waals surface area contributed by atoms with Crippen LogP contribution in [-0.4, -0.2) is 12.1 Å². The summed E-state index contributed by atoms with van der Waals surface area (Å²) in [4.78, 5) is 11.8. The van der Waals surface area contributed by atoms with Crippen LogP contribution in [-0.2, 0) is 9.53 Å². The summed E-state index contributed by atoms with van der Waals surface area (Å²) in [7, 11) is 0. The van der Waals surface area contributed by atoms with Gasteiger partial charge in [-0.15, -0.1) is 0 Å². The van der Waals surface area contributed by atoms with E-state index < -0.39 is 0 Å². The fraction of sp³-hybridized carbons (Fsp3) is 0.667. The molecule has 17 heavy (non-hydrogen) atoms. The summed E-state index contributed by atoms with van der Waals surface area (Å²) in [5.41, 5.74) is 4.31. The SMILES string of the molecule is C=C1CCC2=C(C)CC[C@@H]3[C@H](OC(=O)[C@H]3C)[C@@H]12. The first-order valence-corrected chi connectivity index (χ1v) is 6.66. The van der Waals surface area contributed by atoms with Crippen LogP contribution in [0.15, 0.2) is 23.3 Å². The fourth-order valence-corrected chi connectivity index (χ4v) is 3.82. The van der Waals surface area contributed by atoms with Crippen LogP contribution < -0.4 is 0 Å². The molecule has 0 bridgehead atoms. The minimum absolute atomic E-state index is 0.00129. The van der Waals surface area contributed by atoms with E-state index in [1.807, 2.05) is 6.92 Å². The molecule has 2 nitrogen and oxygen atoms in total. The summed E-state index contributed by atoms with van der Waals surface area (Å²) in [6, 6.07) is 0. The summed E-state index contributed by atoms with van der Waals surface area (Å²) < 4.78 is 5.66. The molecular formula is C15H20O2. The normalized spacial score (nSPS) is 41.1. The van der Waals surface area contributed by atoms with E-state index in [1.165, 1.54) is 16.7 Å². The number of carbonyl (C=O) groups excluding carboxylic acids is 1. The van der Waals surface area contributed by atoms with Gasteiger partial charge in [0.2, 0.25) is 0 Å². The standard InChI is InChI=1S/C15H20O2/c1-8-4-7-12-10(3)15(16)17-14(12)13-9(2)5-6-11(8)13/h10,12-14H,2,4-7H2,1,3H3/t10-,12-,13-,14-/m0/s1. The Morgan fingerprint density at radius 3 is 2.82 bits per heavy atom. The summed E-state index contributed by atoms with van der Waals surface area (Å²) in [6.45, 7) is 8.46. The van der Waals surface area contributed by atoms with E-state index >= 15 is 0 Å². The second-order valence-electron chi connectivity index (χ2n) is 5.83. The number of hydrogen-bond donors (Lipinski definition) is 0. The Morgan fingerprint density at radius 2 is 2.06 bits per heavy atom. The van der Waals surface area contributed by atoms with Gasteiger partial charge in [-0.1, -0.05) is 30.2 Å². The quantitative estimate of drug-likeness (QED) is 0.473. The zero-order chi connectivity index (χ0) is 12.2. The number of allylic oxidation sites excluding steroid dienone is 1. The second-order valence-corrected chi connectivity index (χ2v) is 5.83. The highest BCUT2D eigenvalue weighted by Crippen LogP contribution is 2.50. The molecule has 1 saturated heterocycles. The molecule has 4 atom stereocenters. The monoisotopic (exact) mass is 232 g/mol. The highest BCUT2D eigenvalue weighted by Gasteiger charge is 2.49. The molecule has 3 aliphatic rings. The second kappa shape index (κ2) is 3.72. The van der Waals surface area contributed by atoms with E-state index in [0.717, 1.165) is 25.7 Å². The van der Waals surface area contributed by atoms with Crippen molar-refractivity contribution < 1.29 is 9.53 Å². The molecule has 0 radical (unpaired) electrons. The van der Waals surface area contributed by atoms with Crippen molar-refractivity contribution in [2.24, 2.45) is 17.8 Å². The minimum atomic E-state index is -0.00129. The van der Waals surface area contributed by atoms with Gasteiger partial charge in [-0.25, -0.2) is 0 Å². The van der Waals surface area contributed by atoms with E-state index in [1.54, 1.807) is 0 Å². The molecule has 92 valence electrons. The van der Waals surface area contributed by atoms with E-state index in [4.69, 9.17) is 4.74 Å². The molecule has 0 unspecified atom stereocenters. The smallest absolute Gasteiger partial charge is 0.309 e. The summed E-state index contributed by atoms with van der Waals surface area (Å²) >= 11 is 0. The van der Waals surface area contributed by atoms with E-state index in [-0.39, 0.29) is 18.0 Å². The number of hydrogen-bond acceptors (Lipinski definition) is 2. The van der Waals surface area contributed by atoms with Crippen LogP contribution in [0.1, 0.15) is 39.5 Å². The fourth-order valence-electron chi connectivity index (χ4n) is 3.82. The Labute approximate surface area is 103 Å². The van der Waals surface area contributed by atoms with Crippen LogP contribution >= 0.6 is 0 Å². The molecule has 0 N–H and O–H groups in total. The van der Waals surface area contributed by atoms with Gasteiger partial charge < -0.3 is 4.74 Å². The lowest BCUT2D eigenvalue weighted by Gasteiger charge is -2.24. The third-order valence-corrected chi connectivity index (χ3v) is 4.95. The molecule has 0 amide bonds. The van der Waals surface area contributed by atoms with Crippen molar-refractivity contribution in [1.29, 1.82) is 0 Å². The first-order valence-electron chi connectivity index (χ1n) is 6.66. The Hall–Kier alpha value is -1.05. The molecule has 2 fully saturated rings. The highest BCUT2D eigenvalue weighted by atomic mass is 16.6. The van der Waals surface area contributed by atoms with Crippen LogP contribution in [0.5, 0.6) is 0 Å². The molecule has 3 rings (SSSR count). The van der Waals surface area contributed by atoms with Crippen molar-refractivity contribution in [2.45, 2.75) is 45.6 Å². The van der Waals surface area contributed by atoms with Gasteiger partial charge in [0.15, 0.2) is 0 Å². The lowest BCUT2D eigenvalue weighted by Crippen LogP contribution is -2.27. The van der Waals surface area contributed by atoms with Crippen LogP contribution in [0.4, 0.5) is 0 Å². The number of fused-ring (bicyclic) bond motifs is 3. The van der Waals surface area contributed by atoms with Crippen LogP contribution in [0.3, 0.4) is 0 Å². The Kier molecular flexibility index (Phi) is 2.42. The number of ether oxygens (including phenoxy) is 1. The van der Waals surface area contributed by atoms with Crippen molar-refractivity contribution in [2.75, 3.05) is 0 Å². The zero-order valence-corrected chi connectivity index (χ0v) is 10.7. The molecule has 0 aromatic rings. The molecule has 0 spiro atoms. The van der Waals surface area contributed by atoms with Crippen LogP contribution in [0, 0.1) is 17.8 Å². The van der Waals surface area contributed by atoms with Crippen molar-refractivity contribution in [3.05, 3.63) is 23.3 Å². The summed E-state index contributed by atoms with van der Waals surface area (Å²) in [5.74, 6) is 0.797. The third kappa shape index (κ3) is 1.50. The molecule has 2 aliphatic carbocycles. The van der Waals surface area contributed by atoms with Crippen molar-refractivity contribution in [3.63, 3.8) is 0 Å². The van der Waals surface area contributed by atoms with E-state index in [9.17, 15) is 4.79 Å². The maximum atomic E-state index is 11.8. The number of esters is 1. The lowest BCUT2D eigenvalue weighted by atomic mass is 9.81. The van der Waals surface area contributed by atoms with E-state index in [2.05, 4.69) is 13.5 Å². The maximum Gasteiger partial charge on any atom is 0.309 e. The van der Waals surface area contributed by atoms with Gasteiger partial charge in [-0.3, -0.25) is 4.79 Å². The highest BCUT2D eigenvalue weighted by molar-refractivity contribution is 5.75. The molecule has 1 heterocycles. The van der Waals surface area contributed by atoms with Gasteiger partial charge in [-0.05, 0) is 32.6 Å². The molecule has 0 aromatic carbocycles. The van der Waals surface area contributed by atoms with E-state index in [0.29, 0.717) is 11.8 Å². The van der Waals surface area contributed by atoms with Crippen molar-refractivity contribution in [1.82, 2.24) is 0 Å². The van der Waals surface area contributed by atoms with Crippen LogP contribution in [0.25, 0.3) is 0 Å². The van der Waals surface area contributed by atoms with Gasteiger partial charge in [0, 0.05) is 11.8 Å². The molecule has 0 aromatic heterocycles. The molecule has 1 saturated carbocycles. The lowest BCUT2D eigenvalue weighted by molar-refractivity contribution is -0.144. The van der Waals surface area contributed by atoms with Gasteiger partial charge in [0.05, 0.1) is 5.92 Å². The average Bonchev–Trinajstić information content (AvgIpc) is 2.75. The minimum Gasteiger partial charge on any atom is -0.461 e. The molecule has 2 heteroatoms. The summed E-state index contributed by atoms with van der Waals surface area (Å²) in [6.07, 6.45) is 4.51. The van der Waals surface area contributed by atoms with Gasteiger partial charge in [0.1, 0.15) is 6.10 Å². The van der Waals surface area contributed by atoms with Gasteiger partial charge in [-0.2, -0.15) is 0 Å². The van der Waals surface area contributed by atoms with Crippen molar-refractivity contribution in [3.8, 4) is 0 Å². The Bertz CT molecular complexity index is 419. The van der Waals surface area contributed by atoms with Gasteiger partial charge in [0.25, 0.3) is 0 Å². The van der Waals surface area contributed by atoms with Gasteiger partial charge >= 0.3 is 5.97 Å². The van der Waals surface area contributed by atoms with Crippen molar-refractivity contribution >= 4 is 5.97 Å². The summed E-state index contributed by atoms with van der Waals surface area (Å²) in [5, 5.41) is 0. The topological polar surface area (TPSA) is 26.3 Å². The third-order valence-electron chi connectivity index (χ3n) is 4.95. The zero-order valence-electron chi connectivity index (χ0n) is 10.7. The number of carbonyl (C=O) groups is 1. The maximum absolute atomic E-state index is 11.8.